The van der Waals surface area contributed by atoms with E-state index in [1.54, 1.807) is 6.07 Å². The van der Waals surface area contributed by atoms with Crippen molar-refractivity contribution in [2.75, 3.05) is 0 Å². The summed E-state index contributed by atoms with van der Waals surface area (Å²) in [7, 11) is 0. The van der Waals surface area contributed by atoms with Gasteiger partial charge in [-0.3, -0.25) is 0 Å². The van der Waals surface area contributed by atoms with Crippen molar-refractivity contribution in [2.24, 2.45) is 0 Å². The van der Waals surface area contributed by atoms with Gasteiger partial charge in [-0.1, -0.05) is 31.5 Å². The topological polar surface area (TPSA) is 34.2 Å². The van der Waals surface area contributed by atoms with Crippen LogP contribution in [0.1, 0.15) is 19.4 Å². The van der Waals surface area contributed by atoms with Crippen LogP contribution < -0.4 is 10.1 Å². The molecule has 0 aliphatic rings. The molecule has 1 aromatic carbocycles. The fraction of sp³-hybridized carbons (Fsp3) is 0.267. The minimum Gasteiger partial charge on any atom is -0.436 e. The van der Waals surface area contributed by atoms with Crippen LogP contribution in [0, 0.1) is 11.6 Å². The van der Waals surface area contributed by atoms with Gasteiger partial charge in [0.25, 0.3) is 0 Å². The molecule has 112 valence electrons. The number of aromatic nitrogens is 1. The summed E-state index contributed by atoms with van der Waals surface area (Å²) in [5.74, 6) is -1.05. The number of nitrogens with zero attached hydrogens (tertiary/aromatic N) is 1. The molecule has 0 saturated carbocycles. The van der Waals surface area contributed by atoms with Crippen molar-refractivity contribution < 1.29 is 13.5 Å². The molecule has 0 radical (unpaired) electrons. The van der Waals surface area contributed by atoms with Gasteiger partial charge >= 0.3 is 0 Å². The van der Waals surface area contributed by atoms with E-state index in [0.717, 1.165) is 6.20 Å². The molecular formula is C15H15ClF2N2O. The van der Waals surface area contributed by atoms with E-state index >= 15 is 0 Å². The zero-order valence-corrected chi connectivity index (χ0v) is 12.4. The second-order valence-electron chi connectivity index (χ2n) is 4.81. The third-order valence-corrected chi connectivity index (χ3v) is 3.01. The van der Waals surface area contributed by atoms with Crippen molar-refractivity contribution in [3.63, 3.8) is 0 Å². The maximum Gasteiger partial charge on any atom is 0.224 e. The van der Waals surface area contributed by atoms with Crippen LogP contribution in [0.3, 0.4) is 0 Å². The van der Waals surface area contributed by atoms with Gasteiger partial charge in [0.1, 0.15) is 5.82 Å². The molecule has 0 amide bonds. The lowest BCUT2D eigenvalue weighted by Gasteiger charge is -2.13. The molecule has 6 heteroatoms. The van der Waals surface area contributed by atoms with Crippen LogP contribution in [-0.4, -0.2) is 11.0 Å². The fourth-order valence-electron chi connectivity index (χ4n) is 1.67. The minimum absolute atomic E-state index is 0.0449. The van der Waals surface area contributed by atoms with E-state index in [-0.39, 0.29) is 22.7 Å². The Morgan fingerprint density at radius 1 is 1.33 bits per heavy atom. The first kappa shape index (κ1) is 15.7. The Morgan fingerprint density at radius 3 is 2.81 bits per heavy atom. The van der Waals surface area contributed by atoms with E-state index in [1.807, 2.05) is 13.8 Å². The molecule has 2 rings (SSSR count). The van der Waals surface area contributed by atoms with E-state index in [1.165, 1.54) is 18.2 Å². The molecule has 0 atom stereocenters. The normalized spacial score (nSPS) is 11.0. The summed E-state index contributed by atoms with van der Waals surface area (Å²) in [4.78, 5) is 3.88. The predicted octanol–water partition coefficient (Wildman–Crippen LogP) is 4.30. The Kier molecular flexibility index (Phi) is 5.09. The van der Waals surface area contributed by atoms with Crippen LogP contribution in [0.4, 0.5) is 8.78 Å². The fourth-order valence-corrected chi connectivity index (χ4v) is 1.83. The van der Waals surface area contributed by atoms with Gasteiger partial charge in [-0.2, -0.15) is 0 Å². The maximum absolute atomic E-state index is 13.8. The molecule has 2 aromatic rings. The first-order valence-corrected chi connectivity index (χ1v) is 6.85. The number of hydrogen-bond donors (Lipinski definition) is 1. The highest BCUT2D eigenvalue weighted by Crippen LogP contribution is 2.29. The zero-order valence-electron chi connectivity index (χ0n) is 11.7. The summed E-state index contributed by atoms with van der Waals surface area (Å²) >= 11 is 5.70. The molecule has 0 aliphatic heterocycles. The summed E-state index contributed by atoms with van der Waals surface area (Å²) in [6.07, 6.45) is 1.02. The Bertz CT molecular complexity index is 635. The van der Waals surface area contributed by atoms with E-state index in [2.05, 4.69) is 10.3 Å². The average molecular weight is 313 g/mol. The molecule has 1 N–H and O–H groups in total. The van der Waals surface area contributed by atoms with Gasteiger partial charge in [0.15, 0.2) is 11.6 Å². The number of nitrogens with one attached hydrogen (secondary N) is 1. The van der Waals surface area contributed by atoms with Crippen molar-refractivity contribution in [3.8, 4) is 11.6 Å². The third-order valence-electron chi connectivity index (χ3n) is 2.72. The Labute approximate surface area is 126 Å². The SMILES string of the molecule is CC(C)NCc1cc(F)cnc1Oc1cccc(Cl)c1F. The lowest BCUT2D eigenvalue weighted by atomic mass is 10.2. The molecule has 21 heavy (non-hydrogen) atoms. The summed E-state index contributed by atoms with van der Waals surface area (Å²) < 4.78 is 32.6. The quantitative estimate of drug-likeness (QED) is 0.893. The molecule has 0 aliphatic carbocycles. The first-order chi connectivity index (χ1) is 9.97. The van der Waals surface area contributed by atoms with Crippen LogP contribution in [0.5, 0.6) is 11.6 Å². The van der Waals surface area contributed by atoms with Crippen molar-refractivity contribution >= 4 is 11.6 Å². The smallest absolute Gasteiger partial charge is 0.224 e. The van der Waals surface area contributed by atoms with Gasteiger partial charge in [-0.15, -0.1) is 0 Å². The number of hydrogen-bond acceptors (Lipinski definition) is 3. The van der Waals surface area contributed by atoms with Crippen LogP contribution >= 0.6 is 11.6 Å². The number of ether oxygens (including phenoxy) is 1. The molecule has 1 heterocycles. The van der Waals surface area contributed by atoms with E-state index in [9.17, 15) is 8.78 Å². The predicted molar refractivity (Wildman–Crippen MR) is 77.7 cm³/mol. The van der Waals surface area contributed by atoms with Crippen LogP contribution in [-0.2, 0) is 6.54 Å². The minimum atomic E-state index is -0.673. The molecule has 0 bridgehead atoms. The van der Waals surface area contributed by atoms with E-state index in [0.29, 0.717) is 12.1 Å². The number of rotatable bonds is 5. The monoisotopic (exact) mass is 312 g/mol. The summed E-state index contributed by atoms with van der Waals surface area (Å²) in [6, 6.07) is 5.94. The Hall–Kier alpha value is -1.72. The van der Waals surface area contributed by atoms with E-state index in [4.69, 9.17) is 16.3 Å². The van der Waals surface area contributed by atoms with Gasteiger partial charge in [0.2, 0.25) is 5.88 Å². The largest absolute Gasteiger partial charge is 0.436 e. The first-order valence-electron chi connectivity index (χ1n) is 6.47. The van der Waals surface area contributed by atoms with Gasteiger partial charge in [0, 0.05) is 18.2 Å². The number of halogens is 3. The van der Waals surface area contributed by atoms with Crippen LogP contribution in [0.2, 0.25) is 5.02 Å². The molecule has 0 fully saturated rings. The lowest BCUT2D eigenvalue weighted by molar-refractivity contribution is 0.416. The molecule has 0 spiro atoms. The van der Waals surface area contributed by atoms with Crippen molar-refractivity contribution in [1.82, 2.24) is 10.3 Å². The average Bonchev–Trinajstić information content (AvgIpc) is 2.43. The second-order valence-corrected chi connectivity index (χ2v) is 5.21. The summed E-state index contributed by atoms with van der Waals surface area (Å²) in [6.45, 7) is 4.29. The van der Waals surface area contributed by atoms with Crippen molar-refractivity contribution in [1.29, 1.82) is 0 Å². The van der Waals surface area contributed by atoms with Crippen LogP contribution in [0.25, 0.3) is 0 Å². The molecule has 1 aromatic heterocycles. The van der Waals surface area contributed by atoms with Gasteiger partial charge in [-0.05, 0) is 18.2 Å². The maximum atomic E-state index is 13.8. The lowest BCUT2D eigenvalue weighted by Crippen LogP contribution is -2.22. The Balaban J connectivity index is 2.28. The van der Waals surface area contributed by atoms with Gasteiger partial charge < -0.3 is 10.1 Å². The number of pyridine rings is 1. The summed E-state index contributed by atoms with van der Waals surface area (Å²) in [5, 5.41) is 3.09. The highest BCUT2D eigenvalue weighted by Gasteiger charge is 2.13. The standard InChI is InChI=1S/C15H15ClF2N2O/c1-9(2)19-7-10-6-11(17)8-20-15(10)21-13-5-3-4-12(16)14(13)18/h3-6,8-9,19H,7H2,1-2H3. The molecule has 0 unspecified atom stereocenters. The third kappa shape index (κ3) is 4.12. The Morgan fingerprint density at radius 2 is 2.10 bits per heavy atom. The zero-order chi connectivity index (χ0) is 15.4. The highest BCUT2D eigenvalue weighted by atomic mass is 35.5. The second kappa shape index (κ2) is 6.83. The van der Waals surface area contributed by atoms with Crippen molar-refractivity contribution in [3.05, 3.63) is 52.7 Å². The van der Waals surface area contributed by atoms with E-state index < -0.39 is 11.6 Å². The van der Waals surface area contributed by atoms with Gasteiger partial charge in [0.05, 0.1) is 11.2 Å². The van der Waals surface area contributed by atoms with Gasteiger partial charge in [-0.25, -0.2) is 13.8 Å². The molecular weight excluding hydrogens is 298 g/mol. The molecule has 3 nitrogen and oxygen atoms in total. The number of benzene rings is 1. The van der Waals surface area contributed by atoms with Crippen LogP contribution in [0.15, 0.2) is 30.5 Å². The summed E-state index contributed by atoms with van der Waals surface area (Å²) in [5.41, 5.74) is 0.503. The van der Waals surface area contributed by atoms with Crippen molar-refractivity contribution in [2.45, 2.75) is 26.4 Å². The molecule has 0 saturated heterocycles. The highest BCUT2D eigenvalue weighted by molar-refractivity contribution is 6.30.